The Bertz CT molecular complexity index is 1110. The van der Waals surface area contributed by atoms with Crippen molar-refractivity contribution in [2.75, 3.05) is 24.2 Å². The van der Waals surface area contributed by atoms with E-state index < -0.39 is 14.8 Å². The highest BCUT2D eigenvalue weighted by Gasteiger charge is 2.28. The molecule has 1 aliphatic heterocycles. The van der Waals surface area contributed by atoms with Gasteiger partial charge in [0.15, 0.2) is 9.84 Å². The lowest BCUT2D eigenvalue weighted by Crippen LogP contribution is -2.33. The van der Waals surface area contributed by atoms with Crippen molar-refractivity contribution in [3.8, 4) is 0 Å². The number of nitro groups is 1. The fraction of sp³-hybridized carbons (Fsp3) is 0.316. The predicted octanol–water partition coefficient (Wildman–Crippen LogP) is 3.26. The SMILES string of the molecule is CS(=O)(=O)c1ccc(N2CCC(c3nc4ccccc4[nH]3)CC2)c([N+](=O)[O-])c1. The van der Waals surface area contributed by atoms with Crippen molar-refractivity contribution in [2.24, 2.45) is 0 Å². The van der Waals surface area contributed by atoms with E-state index in [1.165, 1.54) is 12.1 Å². The van der Waals surface area contributed by atoms with Gasteiger partial charge in [-0.2, -0.15) is 0 Å². The van der Waals surface area contributed by atoms with Gasteiger partial charge < -0.3 is 9.88 Å². The molecule has 1 aromatic heterocycles. The van der Waals surface area contributed by atoms with Gasteiger partial charge in [-0.05, 0) is 37.1 Å². The molecular weight excluding hydrogens is 380 g/mol. The summed E-state index contributed by atoms with van der Waals surface area (Å²) in [6.45, 7) is 1.28. The first-order valence-electron chi connectivity index (χ1n) is 9.01. The van der Waals surface area contributed by atoms with Crippen molar-refractivity contribution >= 4 is 32.2 Å². The quantitative estimate of drug-likeness (QED) is 0.532. The number of anilines is 1. The van der Waals surface area contributed by atoms with Gasteiger partial charge >= 0.3 is 0 Å². The van der Waals surface area contributed by atoms with Crippen LogP contribution in [0.15, 0.2) is 47.4 Å². The van der Waals surface area contributed by atoms with Gasteiger partial charge in [0.2, 0.25) is 0 Å². The molecule has 0 unspecified atom stereocenters. The maximum atomic E-state index is 11.7. The Morgan fingerprint density at radius 2 is 1.89 bits per heavy atom. The van der Waals surface area contributed by atoms with Gasteiger partial charge in [0.25, 0.3) is 5.69 Å². The molecule has 0 saturated carbocycles. The van der Waals surface area contributed by atoms with Gasteiger partial charge in [-0.3, -0.25) is 10.1 Å². The summed E-state index contributed by atoms with van der Waals surface area (Å²) in [4.78, 5) is 20.9. The zero-order valence-corrected chi connectivity index (χ0v) is 16.1. The van der Waals surface area contributed by atoms with Crippen molar-refractivity contribution in [3.63, 3.8) is 0 Å². The van der Waals surface area contributed by atoms with Crippen LogP contribution in [0.5, 0.6) is 0 Å². The summed E-state index contributed by atoms with van der Waals surface area (Å²) in [7, 11) is -3.50. The van der Waals surface area contributed by atoms with Gasteiger partial charge in [0.05, 0.1) is 20.9 Å². The Hall–Kier alpha value is -2.94. The van der Waals surface area contributed by atoms with Crippen LogP contribution in [0, 0.1) is 10.1 Å². The molecule has 2 aromatic carbocycles. The minimum atomic E-state index is -3.50. The fourth-order valence-electron chi connectivity index (χ4n) is 3.71. The first kappa shape index (κ1) is 18.4. The first-order chi connectivity index (χ1) is 13.3. The first-order valence-corrected chi connectivity index (χ1v) is 10.9. The second-order valence-electron chi connectivity index (χ2n) is 7.08. The maximum Gasteiger partial charge on any atom is 0.293 e. The van der Waals surface area contributed by atoms with Crippen LogP contribution >= 0.6 is 0 Å². The number of piperidine rings is 1. The molecule has 4 rings (SSSR count). The number of rotatable bonds is 4. The Kier molecular flexibility index (Phi) is 4.54. The predicted molar refractivity (Wildman–Crippen MR) is 106 cm³/mol. The number of nitrogens with one attached hydrogen (secondary N) is 1. The molecule has 1 aliphatic rings. The monoisotopic (exact) mass is 400 g/mol. The minimum absolute atomic E-state index is 0.0416. The molecule has 146 valence electrons. The maximum absolute atomic E-state index is 11.7. The van der Waals surface area contributed by atoms with Crippen LogP contribution < -0.4 is 4.90 Å². The molecule has 8 nitrogen and oxygen atoms in total. The van der Waals surface area contributed by atoms with Gasteiger partial charge in [0, 0.05) is 31.3 Å². The van der Waals surface area contributed by atoms with Crippen molar-refractivity contribution in [1.29, 1.82) is 0 Å². The molecule has 0 bridgehead atoms. The molecule has 0 spiro atoms. The van der Waals surface area contributed by atoms with E-state index in [-0.39, 0.29) is 16.5 Å². The highest BCUT2D eigenvalue weighted by molar-refractivity contribution is 7.90. The largest absolute Gasteiger partial charge is 0.366 e. The molecular formula is C19H20N4O4S. The zero-order chi connectivity index (χ0) is 19.9. The van der Waals surface area contributed by atoms with Crippen molar-refractivity contribution < 1.29 is 13.3 Å². The summed E-state index contributed by atoms with van der Waals surface area (Å²) < 4.78 is 23.4. The van der Waals surface area contributed by atoms with Crippen LogP contribution in [-0.2, 0) is 9.84 Å². The summed E-state index contributed by atoms with van der Waals surface area (Å²) in [5.41, 5.74) is 2.23. The number of benzene rings is 2. The number of imidazole rings is 1. The minimum Gasteiger partial charge on any atom is -0.366 e. The number of para-hydroxylation sites is 2. The number of nitro benzene ring substituents is 1. The molecule has 0 amide bonds. The Balaban J connectivity index is 1.55. The summed E-state index contributed by atoms with van der Waals surface area (Å²) in [5, 5.41) is 11.5. The van der Waals surface area contributed by atoms with E-state index in [2.05, 4.69) is 9.97 Å². The number of sulfone groups is 1. The molecule has 1 fully saturated rings. The molecule has 0 aliphatic carbocycles. The number of hydrogen-bond donors (Lipinski definition) is 1. The number of fused-ring (bicyclic) bond motifs is 1. The number of aromatic amines is 1. The van der Waals surface area contributed by atoms with Crippen LogP contribution in [0.2, 0.25) is 0 Å². The third kappa shape index (κ3) is 3.45. The number of H-pyrrole nitrogens is 1. The van der Waals surface area contributed by atoms with E-state index >= 15 is 0 Å². The van der Waals surface area contributed by atoms with Crippen LogP contribution in [-0.4, -0.2) is 42.7 Å². The summed E-state index contributed by atoms with van der Waals surface area (Å²) in [6, 6.07) is 12.0. The van der Waals surface area contributed by atoms with Crippen LogP contribution in [0.25, 0.3) is 11.0 Å². The van der Waals surface area contributed by atoms with E-state index in [0.717, 1.165) is 42.0 Å². The molecule has 9 heteroatoms. The number of hydrogen-bond acceptors (Lipinski definition) is 6. The van der Waals surface area contributed by atoms with Crippen LogP contribution in [0.4, 0.5) is 11.4 Å². The Morgan fingerprint density at radius 1 is 1.18 bits per heavy atom. The molecule has 0 radical (unpaired) electrons. The molecule has 2 heterocycles. The second-order valence-corrected chi connectivity index (χ2v) is 9.10. The normalized spacial score (nSPS) is 15.8. The Labute approximate surface area is 162 Å². The van der Waals surface area contributed by atoms with Gasteiger partial charge in [-0.25, -0.2) is 13.4 Å². The lowest BCUT2D eigenvalue weighted by molar-refractivity contribution is -0.384. The van der Waals surface area contributed by atoms with E-state index in [1.54, 1.807) is 0 Å². The number of nitrogens with zero attached hydrogens (tertiary/aromatic N) is 3. The molecule has 28 heavy (non-hydrogen) atoms. The van der Waals surface area contributed by atoms with E-state index in [9.17, 15) is 18.5 Å². The summed E-state index contributed by atoms with van der Waals surface area (Å²) in [5.74, 6) is 1.21. The third-order valence-electron chi connectivity index (χ3n) is 5.20. The second kappa shape index (κ2) is 6.90. The summed E-state index contributed by atoms with van der Waals surface area (Å²) in [6.07, 6.45) is 2.67. The van der Waals surface area contributed by atoms with Crippen LogP contribution in [0.1, 0.15) is 24.6 Å². The highest BCUT2D eigenvalue weighted by Crippen LogP contribution is 2.35. The van der Waals surface area contributed by atoms with E-state index in [1.807, 2.05) is 29.2 Å². The number of aromatic nitrogens is 2. The fourth-order valence-corrected chi connectivity index (χ4v) is 4.35. The van der Waals surface area contributed by atoms with Crippen molar-refractivity contribution in [1.82, 2.24) is 9.97 Å². The average Bonchev–Trinajstić information content (AvgIpc) is 3.11. The molecule has 1 saturated heterocycles. The van der Waals surface area contributed by atoms with E-state index in [4.69, 9.17) is 0 Å². The Morgan fingerprint density at radius 3 is 2.54 bits per heavy atom. The molecule has 3 aromatic rings. The topological polar surface area (TPSA) is 109 Å². The van der Waals surface area contributed by atoms with Crippen LogP contribution in [0.3, 0.4) is 0 Å². The highest BCUT2D eigenvalue weighted by atomic mass is 32.2. The van der Waals surface area contributed by atoms with Gasteiger partial charge in [0.1, 0.15) is 11.5 Å². The lowest BCUT2D eigenvalue weighted by atomic mass is 9.95. The van der Waals surface area contributed by atoms with Crippen molar-refractivity contribution in [2.45, 2.75) is 23.7 Å². The van der Waals surface area contributed by atoms with E-state index in [0.29, 0.717) is 18.8 Å². The molecule has 0 atom stereocenters. The molecule has 1 N–H and O–H groups in total. The van der Waals surface area contributed by atoms with Crippen molar-refractivity contribution in [3.05, 3.63) is 58.4 Å². The van der Waals surface area contributed by atoms with Gasteiger partial charge in [-0.15, -0.1) is 0 Å². The standard InChI is InChI=1S/C19H20N4O4S/c1-28(26,27)14-6-7-17(18(12-14)23(24)25)22-10-8-13(9-11-22)19-20-15-4-2-3-5-16(15)21-19/h2-7,12-13H,8-11H2,1H3,(H,20,21). The third-order valence-corrected chi connectivity index (χ3v) is 6.31. The van der Waals surface area contributed by atoms with Gasteiger partial charge in [-0.1, -0.05) is 12.1 Å². The summed E-state index contributed by atoms with van der Waals surface area (Å²) >= 11 is 0. The zero-order valence-electron chi connectivity index (χ0n) is 15.3. The average molecular weight is 400 g/mol. The smallest absolute Gasteiger partial charge is 0.293 e. The lowest BCUT2D eigenvalue weighted by Gasteiger charge is -2.32.